The molecule has 0 saturated carbocycles. The van der Waals surface area contributed by atoms with E-state index in [4.69, 9.17) is 0 Å². The smallest absolute Gasteiger partial charge is 0.242 e. The number of aromatic nitrogens is 4. The molecule has 0 bridgehead atoms. The minimum absolute atomic E-state index is 0.00844. The highest BCUT2D eigenvalue weighted by atomic mass is 15.0. The maximum Gasteiger partial charge on any atom is 0.242 e. The fourth-order valence-electron chi connectivity index (χ4n) is 22.1. The molecule has 0 N–H and O–H groups in total. The minimum atomic E-state index is -0.102. The summed E-state index contributed by atoms with van der Waals surface area (Å²) < 4.78 is 10.2. The molecule has 0 fully saturated rings. The SMILES string of the molecule is Cc1cc(C)c(B(c2ccc3c(c2)c2ccc4c(c5ccccc5n4-c4ccccc4)c2n3-c2ccc(B(c3c(C)cc(C)cc3C)c3c(C)cc(-n4c5ccc(B(c6c(C)cc(C)cc6C)c6c(C)cc(C)cc6C)cc5c5ccc6c(c7ccccc7n6-c6ccccc6)c54)cc3C)c(C)c2)c2c(C)cc(C)cc2C)c(C)c1. The van der Waals surface area contributed by atoms with Crippen molar-refractivity contribution in [2.24, 2.45) is 0 Å². The summed E-state index contributed by atoms with van der Waals surface area (Å²) in [5, 5.41) is 9.92. The van der Waals surface area contributed by atoms with Crippen molar-refractivity contribution in [3.63, 3.8) is 0 Å². The summed E-state index contributed by atoms with van der Waals surface area (Å²) in [7, 11) is 0. The van der Waals surface area contributed by atoms with Gasteiger partial charge in [-0.05, 0) is 210 Å². The van der Waals surface area contributed by atoms with Gasteiger partial charge in [-0.2, -0.15) is 0 Å². The average Bonchev–Trinajstić information content (AvgIpc) is 0.825. The van der Waals surface area contributed by atoms with Gasteiger partial charge in [-0.15, -0.1) is 0 Å². The molecule has 19 aromatic rings. The molecular weight excluding hydrogens is 1390 g/mol. The minimum Gasteiger partial charge on any atom is -0.309 e. The predicted octanol–water partition coefficient (Wildman–Crippen LogP) is 21.2. The van der Waals surface area contributed by atoms with Crippen LogP contribution < -0.4 is 49.2 Å². The van der Waals surface area contributed by atoms with E-state index in [0.29, 0.717) is 0 Å². The summed E-state index contributed by atoms with van der Waals surface area (Å²) in [4.78, 5) is 0. The molecule has 115 heavy (non-hydrogen) atoms. The number of nitrogens with zero attached hydrogens (tertiary/aromatic N) is 4. The molecule has 0 amide bonds. The van der Waals surface area contributed by atoms with E-state index in [0.717, 1.165) is 22.7 Å². The Bertz CT molecular complexity index is 7060. The standard InChI is InChI=1S/C108H97B3N4/c1-62-47-68(7)101(69(8)48-62)109(102-70(9)49-63(2)50-71(102)10)80-37-43-95-90(60-80)86-40-45-97-99(88-33-25-27-35-93(88)112(97)82-29-21-19-22-30-82)107(86)114(95)84-39-42-92(67(6)57-84)111(105-76(15)55-66(5)56-77(105)16)106-78(17)58-85(59-79(106)18)115-96-44-38-81(110(103-72(11)51-64(3)52-73(103)12)104-74(13)53-65(4)54-75(104)14)61-91(96)87-41-46-98-100(108(87)115)89-34-26-28-36-94(89)113(98)83-31-23-20-24-32-83/h19-61H,1-18H3. The Morgan fingerprint density at radius 1 is 0.183 bits per heavy atom. The fraction of sp³-hybridized carbons (Fsp3) is 0.167. The maximum atomic E-state index is 2.64. The molecule has 0 aliphatic heterocycles. The highest BCUT2D eigenvalue weighted by molar-refractivity contribution is 6.98. The summed E-state index contributed by atoms with van der Waals surface area (Å²) in [6.45, 7) is 41.5. The van der Waals surface area contributed by atoms with Crippen LogP contribution in [-0.2, 0) is 0 Å². The zero-order chi connectivity index (χ0) is 79.6. The van der Waals surface area contributed by atoms with E-state index in [2.05, 4.69) is 404 Å². The zero-order valence-electron chi connectivity index (χ0n) is 69.8. The Kier molecular flexibility index (Phi) is 17.6. The second kappa shape index (κ2) is 27.8. The number of benzene rings is 15. The van der Waals surface area contributed by atoms with Gasteiger partial charge in [0.05, 0.1) is 44.1 Å². The first-order valence-corrected chi connectivity index (χ1v) is 41.2. The summed E-state index contributed by atoms with van der Waals surface area (Å²) in [6, 6.07) is 101. The van der Waals surface area contributed by atoms with Gasteiger partial charge in [-0.3, -0.25) is 0 Å². The Morgan fingerprint density at radius 2 is 0.470 bits per heavy atom. The first-order valence-electron chi connectivity index (χ1n) is 41.2. The normalized spacial score (nSPS) is 11.9. The second-order valence-corrected chi connectivity index (χ2v) is 34.2. The van der Waals surface area contributed by atoms with Crippen molar-refractivity contribution >= 4 is 157 Å². The van der Waals surface area contributed by atoms with E-state index in [1.807, 2.05) is 0 Å². The van der Waals surface area contributed by atoms with Crippen molar-refractivity contribution in [3.8, 4) is 22.7 Å². The average molecular weight is 1480 g/mol. The Balaban J connectivity index is 0.841. The molecule has 4 aromatic heterocycles. The quantitative estimate of drug-likeness (QED) is 0.103. The molecule has 0 aliphatic carbocycles. The molecule has 0 atom stereocenters. The largest absolute Gasteiger partial charge is 0.309 e. The third-order valence-corrected chi connectivity index (χ3v) is 25.9. The molecular formula is C108H97B3N4. The van der Waals surface area contributed by atoms with Crippen LogP contribution in [0.3, 0.4) is 0 Å². The lowest BCUT2D eigenvalue weighted by Gasteiger charge is -2.27. The number of rotatable bonds is 13. The molecule has 0 saturated heterocycles. The number of aryl methyl sites for hydroxylation is 18. The van der Waals surface area contributed by atoms with E-state index in [1.54, 1.807) is 0 Å². The Hall–Kier alpha value is -12.3. The van der Waals surface area contributed by atoms with Crippen LogP contribution in [0, 0.1) is 125 Å². The van der Waals surface area contributed by atoms with Crippen molar-refractivity contribution < 1.29 is 0 Å². The van der Waals surface area contributed by atoms with Crippen molar-refractivity contribution in [3.05, 3.63) is 361 Å². The predicted molar refractivity (Wildman–Crippen MR) is 502 cm³/mol. The van der Waals surface area contributed by atoms with E-state index in [9.17, 15) is 0 Å². The van der Waals surface area contributed by atoms with E-state index in [1.165, 1.54) is 237 Å². The third-order valence-electron chi connectivity index (χ3n) is 25.9. The lowest BCUT2D eigenvalue weighted by Crippen LogP contribution is -2.56. The molecule has 558 valence electrons. The molecule has 0 unspecified atom stereocenters. The summed E-state index contributed by atoms with van der Waals surface area (Å²) in [5.41, 5.74) is 49.7. The highest BCUT2D eigenvalue weighted by Gasteiger charge is 2.36. The fourth-order valence-corrected chi connectivity index (χ4v) is 22.1. The van der Waals surface area contributed by atoms with Gasteiger partial charge in [-0.25, -0.2) is 0 Å². The van der Waals surface area contributed by atoms with Crippen LogP contribution in [0.15, 0.2) is 261 Å². The summed E-state index contributed by atoms with van der Waals surface area (Å²) in [5.74, 6) is 0. The Morgan fingerprint density at radius 3 is 0.817 bits per heavy atom. The molecule has 19 rings (SSSR count). The van der Waals surface area contributed by atoms with Crippen LogP contribution in [0.2, 0.25) is 0 Å². The molecule has 0 aliphatic rings. The van der Waals surface area contributed by atoms with Crippen LogP contribution in [0.1, 0.15) is 100 Å². The van der Waals surface area contributed by atoms with Crippen LogP contribution in [-0.4, -0.2) is 38.4 Å². The molecule has 0 spiro atoms. The van der Waals surface area contributed by atoms with Crippen molar-refractivity contribution in [1.82, 2.24) is 18.3 Å². The van der Waals surface area contributed by atoms with Gasteiger partial charge in [0.1, 0.15) is 0 Å². The molecule has 15 aromatic carbocycles. The van der Waals surface area contributed by atoms with Gasteiger partial charge in [0.25, 0.3) is 0 Å². The third kappa shape index (κ3) is 11.6. The highest BCUT2D eigenvalue weighted by Crippen LogP contribution is 2.45. The van der Waals surface area contributed by atoms with Gasteiger partial charge >= 0.3 is 0 Å². The number of hydrogen-bond acceptors (Lipinski definition) is 0. The van der Waals surface area contributed by atoms with Gasteiger partial charge in [-0.1, -0.05) is 325 Å². The Labute approximate surface area is 678 Å². The van der Waals surface area contributed by atoms with Crippen LogP contribution in [0.5, 0.6) is 0 Å². The summed E-state index contributed by atoms with van der Waals surface area (Å²) >= 11 is 0. The topological polar surface area (TPSA) is 19.7 Å². The molecule has 7 heteroatoms. The second-order valence-electron chi connectivity index (χ2n) is 34.2. The van der Waals surface area contributed by atoms with Gasteiger partial charge < -0.3 is 18.3 Å². The first kappa shape index (κ1) is 72.9. The molecule has 4 heterocycles. The lowest BCUT2D eigenvalue weighted by atomic mass is 9.33. The summed E-state index contributed by atoms with van der Waals surface area (Å²) in [6.07, 6.45) is 0. The van der Waals surface area contributed by atoms with E-state index >= 15 is 0 Å². The van der Waals surface area contributed by atoms with Gasteiger partial charge in [0, 0.05) is 65.8 Å². The number of para-hydroxylation sites is 4. The molecule has 4 nitrogen and oxygen atoms in total. The van der Waals surface area contributed by atoms with Gasteiger partial charge in [0.15, 0.2) is 0 Å². The van der Waals surface area contributed by atoms with Crippen molar-refractivity contribution in [1.29, 1.82) is 0 Å². The zero-order valence-corrected chi connectivity index (χ0v) is 69.8. The van der Waals surface area contributed by atoms with Crippen molar-refractivity contribution in [2.75, 3.05) is 0 Å². The van der Waals surface area contributed by atoms with Crippen molar-refractivity contribution in [2.45, 2.75) is 125 Å². The van der Waals surface area contributed by atoms with Gasteiger partial charge in [0.2, 0.25) is 20.1 Å². The number of fused-ring (bicyclic) bond motifs is 14. The van der Waals surface area contributed by atoms with Crippen LogP contribution in [0.4, 0.5) is 0 Å². The monoisotopic (exact) mass is 1480 g/mol. The lowest BCUT2D eigenvalue weighted by molar-refractivity contribution is 1.17. The molecule has 0 radical (unpaired) electrons. The van der Waals surface area contributed by atoms with Crippen LogP contribution >= 0.6 is 0 Å². The maximum absolute atomic E-state index is 2.64. The number of hydrogen-bond donors (Lipinski definition) is 0. The first-order chi connectivity index (χ1) is 55.5. The van der Waals surface area contributed by atoms with Crippen LogP contribution in [0.25, 0.3) is 110 Å². The van der Waals surface area contributed by atoms with E-state index in [-0.39, 0.29) is 20.1 Å². The van der Waals surface area contributed by atoms with E-state index < -0.39 is 0 Å².